The number of nitrogens with two attached hydrogens (primary N) is 1. The average Bonchev–Trinajstić information content (AvgIpc) is 2.33. The molecule has 0 bridgehead atoms. The van der Waals surface area contributed by atoms with Crippen molar-refractivity contribution >= 4 is 27.7 Å². The Morgan fingerprint density at radius 3 is 2.61 bits per heavy atom. The number of benzene rings is 1. The molecule has 2 amide bonds. The second-order valence-electron chi connectivity index (χ2n) is 3.85. The van der Waals surface area contributed by atoms with E-state index in [-0.39, 0.29) is 11.8 Å². The molecule has 4 N–H and O–H groups in total. The molecule has 0 saturated carbocycles. The minimum absolute atomic E-state index is 0.175. The van der Waals surface area contributed by atoms with Gasteiger partial charge in [0.15, 0.2) is 0 Å². The maximum atomic E-state index is 11.7. The second kappa shape index (κ2) is 7.13. The van der Waals surface area contributed by atoms with Crippen LogP contribution in [0.3, 0.4) is 0 Å². The fourth-order valence-corrected chi connectivity index (χ4v) is 1.65. The quantitative estimate of drug-likeness (QED) is 0.698. The van der Waals surface area contributed by atoms with E-state index in [4.69, 9.17) is 5.73 Å². The third-order valence-corrected chi connectivity index (χ3v) is 2.70. The van der Waals surface area contributed by atoms with Crippen molar-refractivity contribution in [3.8, 4) is 0 Å². The Morgan fingerprint density at radius 1 is 1.33 bits per heavy atom. The molecule has 0 spiro atoms. The molecule has 1 atom stereocenters. The second-order valence-corrected chi connectivity index (χ2v) is 4.76. The SMILES string of the molecule is C[C@H](N)C(=O)NCCNC(=O)c1cccc(Br)c1. The smallest absolute Gasteiger partial charge is 0.251 e. The molecule has 0 radical (unpaired) electrons. The summed E-state index contributed by atoms with van der Waals surface area (Å²) in [5, 5.41) is 5.32. The lowest BCUT2D eigenvalue weighted by atomic mass is 10.2. The Bertz CT molecular complexity index is 435. The number of hydrogen-bond acceptors (Lipinski definition) is 3. The molecule has 5 nitrogen and oxygen atoms in total. The summed E-state index contributed by atoms with van der Waals surface area (Å²) in [6.07, 6.45) is 0. The van der Waals surface area contributed by atoms with E-state index in [9.17, 15) is 9.59 Å². The zero-order chi connectivity index (χ0) is 13.5. The van der Waals surface area contributed by atoms with E-state index < -0.39 is 6.04 Å². The summed E-state index contributed by atoms with van der Waals surface area (Å²) in [5.74, 6) is -0.405. The molecule has 6 heteroatoms. The Kier molecular flexibility index (Phi) is 5.80. The van der Waals surface area contributed by atoms with E-state index in [0.717, 1.165) is 4.47 Å². The van der Waals surface area contributed by atoms with Crippen molar-refractivity contribution in [2.24, 2.45) is 5.73 Å². The molecule has 0 aliphatic rings. The summed E-state index contributed by atoms with van der Waals surface area (Å²) < 4.78 is 0.848. The number of carbonyl (C=O) groups excluding carboxylic acids is 2. The summed E-state index contributed by atoms with van der Waals surface area (Å²) >= 11 is 3.30. The van der Waals surface area contributed by atoms with Gasteiger partial charge in [0.25, 0.3) is 5.91 Å². The highest BCUT2D eigenvalue weighted by molar-refractivity contribution is 9.10. The first-order valence-electron chi connectivity index (χ1n) is 5.58. The third-order valence-electron chi connectivity index (χ3n) is 2.21. The van der Waals surface area contributed by atoms with Gasteiger partial charge in [-0.2, -0.15) is 0 Å². The number of carbonyl (C=O) groups is 2. The first-order valence-corrected chi connectivity index (χ1v) is 6.37. The van der Waals surface area contributed by atoms with Crippen molar-refractivity contribution in [3.63, 3.8) is 0 Å². The lowest BCUT2D eigenvalue weighted by Crippen LogP contribution is -2.42. The van der Waals surface area contributed by atoms with Gasteiger partial charge in [0.05, 0.1) is 6.04 Å². The molecule has 1 aromatic carbocycles. The molecule has 98 valence electrons. The van der Waals surface area contributed by atoms with Gasteiger partial charge in [-0.3, -0.25) is 9.59 Å². The Morgan fingerprint density at radius 2 is 2.00 bits per heavy atom. The van der Waals surface area contributed by atoms with Crippen molar-refractivity contribution in [1.82, 2.24) is 10.6 Å². The van der Waals surface area contributed by atoms with Crippen LogP contribution in [-0.2, 0) is 4.79 Å². The minimum atomic E-state index is -0.536. The number of hydrogen-bond donors (Lipinski definition) is 3. The summed E-state index contributed by atoms with van der Waals surface area (Å²) in [5.41, 5.74) is 5.95. The Labute approximate surface area is 114 Å². The van der Waals surface area contributed by atoms with Crippen LogP contribution in [0.1, 0.15) is 17.3 Å². The van der Waals surface area contributed by atoms with Crippen LogP contribution in [0.25, 0.3) is 0 Å². The van der Waals surface area contributed by atoms with Crippen LogP contribution in [0.5, 0.6) is 0 Å². The van der Waals surface area contributed by atoms with Gasteiger partial charge in [-0.1, -0.05) is 22.0 Å². The maximum absolute atomic E-state index is 11.7. The standard InChI is InChI=1S/C12H16BrN3O2/c1-8(14)11(17)15-5-6-16-12(18)9-3-2-4-10(13)7-9/h2-4,7-8H,5-6,14H2,1H3,(H,15,17)(H,16,18)/t8-/m0/s1. The normalized spacial score (nSPS) is 11.7. The molecule has 0 aliphatic carbocycles. The molecule has 0 fully saturated rings. The molecule has 0 aliphatic heterocycles. The summed E-state index contributed by atoms with van der Waals surface area (Å²) in [6.45, 7) is 2.33. The molecule has 0 heterocycles. The highest BCUT2D eigenvalue weighted by Gasteiger charge is 2.07. The van der Waals surface area contributed by atoms with Crippen LogP contribution in [-0.4, -0.2) is 30.9 Å². The summed E-state index contributed by atoms with van der Waals surface area (Å²) in [4.78, 5) is 22.9. The summed E-state index contributed by atoms with van der Waals surface area (Å²) in [7, 11) is 0. The predicted molar refractivity (Wildman–Crippen MR) is 73.1 cm³/mol. The fourth-order valence-electron chi connectivity index (χ4n) is 1.25. The Balaban J connectivity index is 2.32. The maximum Gasteiger partial charge on any atom is 0.251 e. The number of rotatable bonds is 5. The van der Waals surface area contributed by atoms with Gasteiger partial charge >= 0.3 is 0 Å². The molecule has 0 unspecified atom stereocenters. The Hall–Kier alpha value is -1.40. The van der Waals surface area contributed by atoms with Gasteiger partial charge in [0.1, 0.15) is 0 Å². The van der Waals surface area contributed by atoms with Crippen LogP contribution in [0.2, 0.25) is 0 Å². The van der Waals surface area contributed by atoms with Crippen LogP contribution >= 0.6 is 15.9 Å². The first-order chi connectivity index (χ1) is 8.50. The molecular formula is C12H16BrN3O2. The highest BCUT2D eigenvalue weighted by atomic mass is 79.9. The van der Waals surface area contributed by atoms with Crippen molar-refractivity contribution in [2.45, 2.75) is 13.0 Å². The van der Waals surface area contributed by atoms with E-state index >= 15 is 0 Å². The lowest BCUT2D eigenvalue weighted by Gasteiger charge is -2.08. The molecule has 0 saturated heterocycles. The van der Waals surface area contributed by atoms with Crippen molar-refractivity contribution in [1.29, 1.82) is 0 Å². The van der Waals surface area contributed by atoms with Crippen LogP contribution in [0.15, 0.2) is 28.7 Å². The zero-order valence-electron chi connectivity index (χ0n) is 10.1. The minimum Gasteiger partial charge on any atom is -0.353 e. The van der Waals surface area contributed by atoms with Gasteiger partial charge in [0, 0.05) is 23.1 Å². The molecule has 18 heavy (non-hydrogen) atoms. The highest BCUT2D eigenvalue weighted by Crippen LogP contribution is 2.11. The average molecular weight is 314 g/mol. The first kappa shape index (κ1) is 14.7. The third kappa shape index (κ3) is 4.85. The van der Waals surface area contributed by atoms with Crippen LogP contribution in [0, 0.1) is 0 Å². The monoisotopic (exact) mass is 313 g/mol. The number of nitrogens with one attached hydrogen (secondary N) is 2. The van der Waals surface area contributed by atoms with E-state index in [1.807, 2.05) is 6.07 Å². The van der Waals surface area contributed by atoms with Gasteiger partial charge in [0.2, 0.25) is 5.91 Å². The van der Waals surface area contributed by atoms with E-state index in [1.54, 1.807) is 25.1 Å². The predicted octanol–water partition coefficient (Wildman–Crippen LogP) is 0.642. The van der Waals surface area contributed by atoms with Gasteiger partial charge < -0.3 is 16.4 Å². The summed E-state index contributed by atoms with van der Waals surface area (Å²) in [6, 6.07) is 6.55. The number of amides is 2. The lowest BCUT2D eigenvalue weighted by molar-refractivity contribution is -0.121. The fraction of sp³-hybridized carbons (Fsp3) is 0.333. The molecule has 0 aromatic heterocycles. The molecule has 1 aromatic rings. The van der Waals surface area contributed by atoms with E-state index in [0.29, 0.717) is 18.7 Å². The van der Waals surface area contributed by atoms with Crippen molar-refractivity contribution in [3.05, 3.63) is 34.3 Å². The van der Waals surface area contributed by atoms with Gasteiger partial charge in [-0.05, 0) is 25.1 Å². The topological polar surface area (TPSA) is 84.2 Å². The van der Waals surface area contributed by atoms with Crippen molar-refractivity contribution < 1.29 is 9.59 Å². The number of halogens is 1. The van der Waals surface area contributed by atoms with Crippen molar-refractivity contribution in [2.75, 3.05) is 13.1 Å². The van der Waals surface area contributed by atoms with E-state index in [1.165, 1.54) is 0 Å². The van der Waals surface area contributed by atoms with Crippen LogP contribution in [0.4, 0.5) is 0 Å². The van der Waals surface area contributed by atoms with Gasteiger partial charge in [-0.25, -0.2) is 0 Å². The molecule has 1 rings (SSSR count). The van der Waals surface area contributed by atoms with E-state index in [2.05, 4.69) is 26.6 Å². The van der Waals surface area contributed by atoms with Gasteiger partial charge in [-0.15, -0.1) is 0 Å². The molecular weight excluding hydrogens is 298 g/mol. The van der Waals surface area contributed by atoms with Crippen LogP contribution < -0.4 is 16.4 Å². The zero-order valence-corrected chi connectivity index (χ0v) is 11.7. The largest absolute Gasteiger partial charge is 0.353 e.